The predicted molar refractivity (Wildman–Crippen MR) is 78.4 cm³/mol. The highest BCUT2D eigenvalue weighted by atomic mass is 16.5. The first kappa shape index (κ1) is 15.8. The van der Waals surface area contributed by atoms with Crippen LogP contribution in [0.2, 0.25) is 0 Å². The lowest BCUT2D eigenvalue weighted by Crippen LogP contribution is -2.48. The van der Waals surface area contributed by atoms with Crippen LogP contribution in [0.1, 0.15) is 52.9 Å². The molecule has 0 spiro atoms. The topological polar surface area (TPSA) is 49.8 Å². The molecule has 2 aliphatic heterocycles. The van der Waals surface area contributed by atoms with Crippen molar-refractivity contribution in [1.29, 1.82) is 0 Å². The van der Waals surface area contributed by atoms with Gasteiger partial charge in [0, 0.05) is 25.6 Å². The van der Waals surface area contributed by atoms with E-state index in [0.29, 0.717) is 5.91 Å². The predicted octanol–water partition coefficient (Wildman–Crippen LogP) is 2.20. The van der Waals surface area contributed by atoms with Gasteiger partial charge >= 0.3 is 0 Å². The number of hydrogen-bond donors (Lipinski definition) is 1. The van der Waals surface area contributed by atoms with Crippen molar-refractivity contribution in [2.45, 2.75) is 65.1 Å². The normalized spacial score (nSPS) is 34.0. The Morgan fingerprint density at radius 2 is 1.80 bits per heavy atom. The van der Waals surface area contributed by atoms with E-state index >= 15 is 0 Å². The van der Waals surface area contributed by atoms with Gasteiger partial charge in [-0.15, -0.1) is 0 Å². The highest BCUT2D eigenvalue weighted by Crippen LogP contribution is 2.35. The monoisotopic (exact) mass is 283 g/mol. The van der Waals surface area contributed by atoms with Gasteiger partial charge in [-0.1, -0.05) is 6.92 Å². The Bertz CT molecular complexity index is 321. The number of aliphatic hydroxyl groups excluding tert-OH is 1. The zero-order valence-electron chi connectivity index (χ0n) is 13.1. The molecule has 0 aromatic carbocycles. The summed E-state index contributed by atoms with van der Waals surface area (Å²) in [6, 6.07) is 0. The van der Waals surface area contributed by atoms with Gasteiger partial charge in [-0.05, 0) is 51.4 Å². The number of ether oxygens (including phenoxy) is 1. The summed E-state index contributed by atoms with van der Waals surface area (Å²) in [5.41, 5.74) is 0.0487. The summed E-state index contributed by atoms with van der Waals surface area (Å²) < 4.78 is 5.72. The molecular weight excluding hydrogens is 254 g/mol. The lowest BCUT2D eigenvalue weighted by atomic mass is 9.76. The molecule has 1 amide bonds. The number of likely N-dealkylation sites (tertiary alicyclic amines) is 1. The van der Waals surface area contributed by atoms with Gasteiger partial charge in [-0.2, -0.15) is 0 Å². The molecule has 0 radical (unpaired) electrons. The molecule has 20 heavy (non-hydrogen) atoms. The zero-order chi connectivity index (χ0) is 14.8. The van der Waals surface area contributed by atoms with E-state index in [0.717, 1.165) is 45.2 Å². The number of aliphatic hydroxyl groups is 1. The largest absolute Gasteiger partial charge is 0.396 e. The lowest BCUT2D eigenvalue weighted by Gasteiger charge is -2.42. The van der Waals surface area contributed by atoms with Gasteiger partial charge < -0.3 is 14.7 Å². The smallest absolute Gasteiger partial charge is 0.225 e. The number of piperidine rings is 1. The highest BCUT2D eigenvalue weighted by Gasteiger charge is 2.37. The first-order valence-electron chi connectivity index (χ1n) is 8.05. The van der Waals surface area contributed by atoms with E-state index in [1.165, 1.54) is 0 Å². The molecule has 2 saturated heterocycles. The van der Waals surface area contributed by atoms with Crippen LogP contribution in [-0.4, -0.2) is 47.8 Å². The molecule has 0 aliphatic carbocycles. The van der Waals surface area contributed by atoms with E-state index in [2.05, 4.69) is 20.8 Å². The lowest BCUT2D eigenvalue weighted by molar-refractivity contribution is -0.146. The highest BCUT2D eigenvalue weighted by molar-refractivity contribution is 5.79. The number of hydrogen-bond acceptors (Lipinski definition) is 3. The molecule has 2 heterocycles. The fourth-order valence-electron chi connectivity index (χ4n) is 3.69. The molecule has 2 atom stereocenters. The number of carbonyl (C=O) groups excluding carboxylic acids is 1. The van der Waals surface area contributed by atoms with Gasteiger partial charge in [0.1, 0.15) is 0 Å². The first-order valence-corrected chi connectivity index (χ1v) is 8.05. The Kier molecular flexibility index (Phi) is 5.08. The maximum atomic E-state index is 12.6. The van der Waals surface area contributed by atoms with E-state index in [-0.39, 0.29) is 30.1 Å². The van der Waals surface area contributed by atoms with Crippen molar-refractivity contribution in [2.75, 3.05) is 19.7 Å². The summed E-state index contributed by atoms with van der Waals surface area (Å²) in [4.78, 5) is 14.7. The number of amides is 1. The van der Waals surface area contributed by atoms with E-state index in [1.54, 1.807) is 0 Å². The van der Waals surface area contributed by atoms with Gasteiger partial charge in [-0.25, -0.2) is 0 Å². The van der Waals surface area contributed by atoms with Crippen LogP contribution in [0.25, 0.3) is 0 Å². The molecular formula is C16H29NO3. The van der Waals surface area contributed by atoms with Crippen LogP contribution in [0.3, 0.4) is 0 Å². The molecule has 0 bridgehead atoms. The molecule has 0 saturated carbocycles. The maximum absolute atomic E-state index is 12.6. The molecule has 4 nitrogen and oxygen atoms in total. The average Bonchev–Trinajstić information content (AvgIpc) is 2.45. The van der Waals surface area contributed by atoms with Crippen LogP contribution in [0.4, 0.5) is 0 Å². The van der Waals surface area contributed by atoms with Gasteiger partial charge in [-0.3, -0.25) is 4.79 Å². The zero-order valence-corrected chi connectivity index (χ0v) is 13.1. The standard InChI is InChI=1S/C16H29NO3/c1-4-16(11-18)5-7-17(8-6-16)15(19)14-9-12(2)20-13(3)10-14/h12-14,18H,4-11H2,1-3H3. The Morgan fingerprint density at radius 3 is 2.25 bits per heavy atom. The van der Waals surface area contributed by atoms with Crippen molar-refractivity contribution >= 4 is 5.91 Å². The third-order valence-electron chi connectivity index (χ3n) is 5.27. The quantitative estimate of drug-likeness (QED) is 0.864. The van der Waals surface area contributed by atoms with Crippen LogP contribution >= 0.6 is 0 Å². The van der Waals surface area contributed by atoms with Crippen molar-refractivity contribution in [3.05, 3.63) is 0 Å². The number of carbonyl (C=O) groups is 1. The van der Waals surface area contributed by atoms with Gasteiger partial charge in [0.25, 0.3) is 0 Å². The molecule has 0 aromatic rings. The SMILES string of the molecule is CCC1(CO)CCN(C(=O)C2CC(C)OC(C)C2)CC1. The molecule has 2 rings (SSSR count). The van der Waals surface area contributed by atoms with Crippen molar-refractivity contribution in [1.82, 2.24) is 4.90 Å². The molecule has 4 heteroatoms. The Labute approximate surface area is 122 Å². The average molecular weight is 283 g/mol. The van der Waals surface area contributed by atoms with Crippen LogP contribution in [-0.2, 0) is 9.53 Å². The van der Waals surface area contributed by atoms with Crippen molar-refractivity contribution in [3.63, 3.8) is 0 Å². The Balaban J connectivity index is 1.91. The second-order valence-electron chi connectivity index (χ2n) is 6.76. The third-order valence-corrected chi connectivity index (χ3v) is 5.27. The van der Waals surface area contributed by atoms with Crippen LogP contribution in [0.15, 0.2) is 0 Å². The fraction of sp³-hybridized carbons (Fsp3) is 0.938. The summed E-state index contributed by atoms with van der Waals surface area (Å²) in [6.07, 6.45) is 4.92. The van der Waals surface area contributed by atoms with E-state index < -0.39 is 0 Å². The molecule has 2 aliphatic rings. The summed E-state index contributed by atoms with van der Waals surface area (Å²) in [7, 11) is 0. The molecule has 0 aromatic heterocycles. The third kappa shape index (κ3) is 3.34. The second-order valence-corrected chi connectivity index (χ2v) is 6.76. The molecule has 2 fully saturated rings. The van der Waals surface area contributed by atoms with Crippen molar-refractivity contribution in [2.24, 2.45) is 11.3 Å². The van der Waals surface area contributed by atoms with E-state index in [4.69, 9.17) is 4.74 Å². The number of rotatable bonds is 3. The van der Waals surface area contributed by atoms with Crippen molar-refractivity contribution in [3.8, 4) is 0 Å². The summed E-state index contributed by atoms with van der Waals surface area (Å²) in [6.45, 7) is 8.09. The van der Waals surface area contributed by atoms with Gasteiger partial charge in [0.05, 0.1) is 12.2 Å². The molecule has 2 unspecified atom stereocenters. The number of nitrogens with zero attached hydrogens (tertiary/aromatic N) is 1. The Morgan fingerprint density at radius 1 is 1.25 bits per heavy atom. The fourth-order valence-corrected chi connectivity index (χ4v) is 3.69. The summed E-state index contributed by atoms with van der Waals surface area (Å²) in [5, 5.41) is 9.56. The van der Waals surface area contributed by atoms with E-state index in [9.17, 15) is 9.90 Å². The molecule has 116 valence electrons. The minimum absolute atomic E-state index is 0.0487. The van der Waals surface area contributed by atoms with Crippen LogP contribution in [0, 0.1) is 11.3 Å². The van der Waals surface area contributed by atoms with Gasteiger partial charge in [0.15, 0.2) is 0 Å². The summed E-state index contributed by atoms with van der Waals surface area (Å²) >= 11 is 0. The minimum atomic E-state index is 0.0487. The van der Waals surface area contributed by atoms with Crippen LogP contribution < -0.4 is 0 Å². The first-order chi connectivity index (χ1) is 9.49. The second kappa shape index (κ2) is 6.44. The Hall–Kier alpha value is -0.610. The van der Waals surface area contributed by atoms with Crippen LogP contribution in [0.5, 0.6) is 0 Å². The maximum Gasteiger partial charge on any atom is 0.225 e. The van der Waals surface area contributed by atoms with Crippen molar-refractivity contribution < 1.29 is 14.6 Å². The molecule has 1 N–H and O–H groups in total. The van der Waals surface area contributed by atoms with Gasteiger partial charge in [0.2, 0.25) is 5.91 Å². The summed E-state index contributed by atoms with van der Waals surface area (Å²) in [5.74, 6) is 0.423. The van der Waals surface area contributed by atoms with E-state index in [1.807, 2.05) is 4.90 Å². The minimum Gasteiger partial charge on any atom is -0.396 e.